The number of allylic oxidation sites excluding steroid dienone is 7. The Balaban J connectivity index is 0.964. The summed E-state index contributed by atoms with van der Waals surface area (Å²) in [6.07, 6.45) is 26.9. The molecule has 0 atom stereocenters. The van der Waals surface area contributed by atoms with Crippen molar-refractivity contribution in [1.82, 2.24) is 9.47 Å². The zero-order valence-electron chi connectivity index (χ0n) is 30.8. The van der Waals surface area contributed by atoms with Gasteiger partial charge in [-0.1, -0.05) is 61.9 Å². The standard InChI is InChI=1S/C44H55N3O4S/c1-2-3-4-5-6-7-8-9-10-11-12-13-14-15-16-22-44(49)51-36-47-41-35-38(25-23-37(41)24-26-43(47)48)50-33-18-17-28-45-29-31-46(32-30-45)40-20-19-21-42-39(40)27-34-52-42/h3-4,6-7,9-10,16,19-27,34-35H,2,5,8,11-15,17-18,28-33,36H2,1H3/b4-3-,7-6-,10-9-,22-16?. The van der Waals surface area contributed by atoms with Gasteiger partial charge in [0, 0.05) is 60.2 Å². The number of pyridine rings is 1. The van der Waals surface area contributed by atoms with Crippen LogP contribution in [0.15, 0.2) is 113 Å². The molecule has 0 aliphatic carbocycles. The lowest BCUT2D eigenvalue weighted by Gasteiger charge is -2.36. The minimum Gasteiger partial charge on any atom is -0.494 e. The second kappa shape index (κ2) is 21.8. The molecular weight excluding hydrogens is 667 g/mol. The van der Waals surface area contributed by atoms with Crippen LogP contribution in [0.2, 0.25) is 0 Å². The van der Waals surface area contributed by atoms with Crippen molar-refractivity contribution >= 4 is 44.0 Å². The number of fused-ring (bicyclic) bond motifs is 2. The van der Waals surface area contributed by atoms with Gasteiger partial charge >= 0.3 is 5.97 Å². The lowest BCUT2D eigenvalue weighted by Crippen LogP contribution is -2.46. The molecule has 0 radical (unpaired) electrons. The Labute approximate surface area is 313 Å². The number of thiophene rings is 1. The highest BCUT2D eigenvalue weighted by Gasteiger charge is 2.18. The van der Waals surface area contributed by atoms with Gasteiger partial charge < -0.3 is 14.4 Å². The van der Waals surface area contributed by atoms with Gasteiger partial charge in [-0.05, 0) is 111 Å². The molecular formula is C44H55N3O4S. The third-order valence-corrected chi connectivity index (χ3v) is 10.3. The second-order valence-corrected chi connectivity index (χ2v) is 14.2. The monoisotopic (exact) mass is 721 g/mol. The molecule has 0 unspecified atom stereocenters. The number of anilines is 1. The summed E-state index contributed by atoms with van der Waals surface area (Å²) in [5.74, 6) is 0.260. The summed E-state index contributed by atoms with van der Waals surface area (Å²) in [5, 5.41) is 4.43. The van der Waals surface area contributed by atoms with Gasteiger partial charge in [-0.2, -0.15) is 0 Å². The zero-order valence-corrected chi connectivity index (χ0v) is 31.6. The van der Waals surface area contributed by atoms with Crippen molar-refractivity contribution < 1.29 is 14.3 Å². The van der Waals surface area contributed by atoms with Crippen LogP contribution in [-0.4, -0.2) is 54.8 Å². The molecule has 276 valence electrons. The summed E-state index contributed by atoms with van der Waals surface area (Å²) in [5.41, 5.74) is 1.82. The molecule has 3 heterocycles. The molecule has 4 aromatic rings. The number of nitrogens with zero attached hydrogens (tertiary/aromatic N) is 3. The van der Waals surface area contributed by atoms with Crippen molar-refractivity contribution in [3.8, 4) is 5.75 Å². The average Bonchev–Trinajstić information content (AvgIpc) is 3.66. The summed E-state index contributed by atoms with van der Waals surface area (Å²) in [7, 11) is 0. The first-order valence-corrected chi connectivity index (χ1v) is 20.0. The van der Waals surface area contributed by atoms with Gasteiger partial charge in [0.1, 0.15) is 5.75 Å². The lowest BCUT2D eigenvalue weighted by molar-refractivity contribution is -0.141. The van der Waals surface area contributed by atoms with Crippen LogP contribution in [-0.2, 0) is 16.3 Å². The Morgan fingerprint density at radius 1 is 0.808 bits per heavy atom. The van der Waals surface area contributed by atoms with Crippen molar-refractivity contribution in [3.63, 3.8) is 0 Å². The van der Waals surface area contributed by atoms with E-state index >= 15 is 0 Å². The van der Waals surface area contributed by atoms with Crippen LogP contribution in [0.1, 0.15) is 71.1 Å². The topological polar surface area (TPSA) is 64.0 Å². The highest BCUT2D eigenvalue weighted by atomic mass is 32.1. The van der Waals surface area contributed by atoms with Gasteiger partial charge in [0.05, 0.1) is 12.1 Å². The Kier molecular flexibility index (Phi) is 16.3. The molecule has 5 rings (SSSR count). The van der Waals surface area contributed by atoms with Crippen molar-refractivity contribution in [1.29, 1.82) is 0 Å². The lowest BCUT2D eigenvalue weighted by atomic mass is 10.1. The van der Waals surface area contributed by atoms with Crippen LogP contribution < -0.4 is 15.2 Å². The first kappa shape index (κ1) is 38.8. The van der Waals surface area contributed by atoms with E-state index in [0.29, 0.717) is 17.9 Å². The van der Waals surface area contributed by atoms with E-state index in [0.717, 1.165) is 102 Å². The molecule has 1 aliphatic heterocycles. The number of hydrogen-bond acceptors (Lipinski definition) is 7. The fourth-order valence-corrected chi connectivity index (χ4v) is 7.28. The van der Waals surface area contributed by atoms with E-state index in [-0.39, 0.29) is 12.3 Å². The van der Waals surface area contributed by atoms with Crippen LogP contribution >= 0.6 is 11.3 Å². The van der Waals surface area contributed by atoms with Gasteiger partial charge in [0.2, 0.25) is 0 Å². The van der Waals surface area contributed by atoms with Crippen LogP contribution in [0.5, 0.6) is 5.75 Å². The number of unbranched alkanes of at least 4 members (excludes halogenated alkanes) is 5. The van der Waals surface area contributed by atoms with Crippen molar-refractivity contribution in [3.05, 3.63) is 119 Å². The molecule has 0 N–H and O–H groups in total. The number of ether oxygens (including phenoxy) is 2. The van der Waals surface area contributed by atoms with E-state index < -0.39 is 5.97 Å². The summed E-state index contributed by atoms with van der Waals surface area (Å²) in [6, 6.07) is 17.9. The van der Waals surface area contributed by atoms with Crippen LogP contribution in [0.4, 0.5) is 5.69 Å². The summed E-state index contributed by atoms with van der Waals surface area (Å²) >= 11 is 1.81. The van der Waals surface area contributed by atoms with Gasteiger partial charge in [0.25, 0.3) is 5.56 Å². The summed E-state index contributed by atoms with van der Waals surface area (Å²) in [4.78, 5) is 30.2. The number of esters is 1. The molecule has 52 heavy (non-hydrogen) atoms. The Bertz CT molecular complexity index is 1860. The highest BCUT2D eigenvalue weighted by Crippen LogP contribution is 2.31. The average molecular weight is 722 g/mol. The molecule has 1 aliphatic rings. The molecule has 0 amide bonds. The maximum atomic E-state index is 12.8. The van der Waals surface area contributed by atoms with Gasteiger partial charge in [0.15, 0.2) is 6.73 Å². The van der Waals surface area contributed by atoms with E-state index in [1.54, 1.807) is 17.4 Å². The van der Waals surface area contributed by atoms with Crippen LogP contribution in [0.25, 0.3) is 21.0 Å². The maximum absolute atomic E-state index is 12.8. The normalized spacial score (nSPS) is 14.3. The Morgan fingerprint density at radius 3 is 2.40 bits per heavy atom. The SMILES string of the molecule is CC/C=C\C/C=C\C/C=C\CCCCCC=CC(=O)OCn1c(=O)ccc2ccc(OCCCCN3CCN(c4cccc5sccc45)CC3)cc21. The Hall–Kier alpha value is -4.40. The van der Waals surface area contributed by atoms with Crippen LogP contribution in [0, 0.1) is 0 Å². The maximum Gasteiger partial charge on any atom is 0.332 e. The van der Waals surface area contributed by atoms with Crippen LogP contribution in [0.3, 0.4) is 0 Å². The van der Waals surface area contributed by atoms with E-state index in [1.807, 2.05) is 24.3 Å². The first-order valence-electron chi connectivity index (χ1n) is 19.1. The number of aromatic nitrogens is 1. The van der Waals surface area contributed by atoms with E-state index in [4.69, 9.17) is 9.47 Å². The van der Waals surface area contributed by atoms with Crippen molar-refractivity contribution in [2.45, 2.75) is 77.9 Å². The summed E-state index contributed by atoms with van der Waals surface area (Å²) < 4.78 is 14.4. The minimum atomic E-state index is -0.446. The number of carbonyl (C=O) groups is 1. The van der Waals surface area contributed by atoms with Crippen molar-refractivity contribution in [2.75, 3.05) is 44.2 Å². The third kappa shape index (κ3) is 12.4. The smallest absolute Gasteiger partial charge is 0.332 e. The molecule has 1 fully saturated rings. The molecule has 0 saturated carbocycles. The third-order valence-electron chi connectivity index (χ3n) is 9.40. The number of benzene rings is 2. The molecule has 1 saturated heterocycles. The van der Waals surface area contributed by atoms with E-state index in [2.05, 4.69) is 82.8 Å². The molecule has 2 aromatic heterocycles. The number of rotatable bonds is 21. The molecule has 8 heteroatoms. The zero-order chi connectivity index (χ0) is 36.2. The quantitative estimate of drug-likeness (QED) is 0.0370. The van der Waals surface area contributed by atoms with Gasteiger partial charge in [-0.15, -0.1) is 11.3 Å². The highest BCUT2D eigenvalue weighted by molar-refractivity contribution is 7.17. The van der Waals surface area contributed by atoms with Gasteiger partial charge in [-0.25, -0.2) is 4.79 Å². The molecule has 0 spiro atoms. The molecule has 7 nitrogen and oxygen atoms in total. The Morgan fingerprint density at radius 2 is 1.58 bits per heavy atom. The number of piperazine rings is 1. The number of carbonyl (C=O) groups excluding carboxylic acids is 1. The first-order chi connectivity index (χ1) is 25.6. The number of hydrogen-bond donors (Lipinski definition) is 0. The predicted molar refractivity (Wildman–Crippen MR) is 219 cm³/mol. The predicted octanol–water partition coefficient (Wildman–Crippen LogP) is 10.1. The van der Waals surface area contributed by atoms with E-state index in [1.165, 1.54) is 32.5 Å². The fraction of sp³-hybridized carbons (Fsp3) is 0.409. The molecule has 2 aromatic carbocycles. The summed E-state index contributed by atoms with van der Waals surface area (Å²) in [6.45, 7) is 7.90. The van der Waals surface area contributed by atoms with Crippen molar-refractivity contribution in [2.24, 2.45) is 0 Å². The van der Waals surface area contributed by atoms with Gasteiger partial charge in [-0.3, -0.25) is 14.3 Å². The largest absolute Gasteiger partial charge is 0.494 e. The molecule has 0 bridgehead atoms. The van der Waals surface area contributed by atoms with E-state index in [9.17, 15) is 9.59 Å². The fourth-order valence-electron chi connectivity index (χ4n) is 6.47. The minimum absolute atomic E-state index is 0.143. The second-order valence-electron chi connectivity index (χ2n) is 13.2.